The Morgan fingerprint density at radius 3 is 2.00 bits per heavy atom. The highest BCUT2D eigenvalue weighted by Gasteiger charge is 2.41. The van der Waals surface area contributed by atoms with Crippen LogP contribution < -0.4 is 0 Å². The quantitative estimate of drug-likeness (QED) is 0.558. The minimum atomic E-state index is -1.92. The van der Waals surface area contributed by atoms with E-state index in [1.807, 2.05) is 20.8 Å². The third-order valence-electron chi connectivity index (χ3n) is 4.60. The van der Waals surface area contributed by atoms with E-state index < -0.39 is 14.4 Å². The van der Waals surface area contributed by atoms with Crippen molar-refractivity contribution < 1.29 is 14.6 Å². The number of hydrogen-bond acceptors (Lipinski definition) is 3. The van der Waals surface area contributed by atoms with Gasteiger partial charge in [0.2, 0.25) is 0 Å². The fourth-order valence-corrected chi connectivity index (χ4v) is 3.36. The molecule has 0 saturated heterocycles. The second-order valence-corrected chi connectivity index (χ2v) is 12.4. The van der Waals surface area contributed by atoms with E-state index in [-0.39, 0.29) is 29.6 Å². The zero-order valence-corrected chi connectivity index (χ0v) is 15.5. The van der Waals surface area contributed by atoms with Gasteiger partial charge < -0.3 is 14.6 Å². The maximum atomic E-state index is 10.3. The summed E-state index contributed by atoms with van der Waals surface area (Å²) in [6, 6.07) is 0. The maximum Gasteiger partial charge on any atom is 0.192 e. The molecule has 0 aliphatic heterocycles. The van der Waals surface area contributed by atoms with Crippen molar-refractivity contribution in [1.29, 1.82) is 0 Å². The number of rotatable bonds is 7. The summed E-state index contributed by atoms with van der Waals surface area (Å²) < 4.78 is 6.44. The van der Waals surface area contributed by atoms with Crippen LogP contribution in [0.4, 0.5) is 0 Å². The van der Waals surface area contributed by atoms with E-state index in [9.17, 15) is 10.2 Å². The summed E-state index contributed by atoms with van der Waals surface area (Å²) in [6.45, 7) is 20.8. The molecule has 0 aromatic carbocycles. The maximum absolute atomic E-state index is 10.3. The Hall–Kier alpha value is -0.163. The Morgan fingerprint density at radius 1 is 1.25 bits per heavy atom. The monoisotopic (exact) mass is 302 g/mol. The SMILES string of the molecule is C=C(C)[C@H](O[Si](C)(C)C(C)(C)C)[C@@H](C)[C@@H](O)[C@@H](C)CO. The van der Waals surface area contributed by atoms with Crippen molar-refractivity contribution in [1.82, 2.24) is 0 Å². The molecule has 0 aromatic heterocycles. The lowest BCUT2D eigenvalue weighted by Crippen LogP contribution is -2.48. The molecule has 0 fully saturated rings. The van der Waals surface area contributed by atoms with Gasteiger partial charge in [0, 0.05) is 18.4 Å². The summed E-state index contributed by atoms with van der Waals surface area (Å²) in [5, 5.41) is 19.7. The summed E-state index contributed by atoms with van der Waals surface area (Å²) in [5.74, 6) is -0.237. The molecule has 0 amide bonds. The summed E-state index contributed by atoms with van der Waals surface area (Å²) >= 11 is 0. The van der Waals surface area contributed by atoms with Gasteiger partial charge in [0.15, 0.2) is 8.32 Å². The van der Waals surface area contributed by atoms with Gasteiger partial charge in [-0.2, -0.15) is 0 Å². The van der Waals surface area contributed by atoms with Crippen LogP contribution >= 0.6 is 0 Å². The van der Waals surface area contributed by atoms with Crippen molar-refractivity contribution in [3.8, 4) is 0 Å². The third kappa shape index (κ3) is 4.99. The average molecular weight is 303 g/mol. The summed E-state index contributed by atoms with van der Waals surface area (Å²) in [6.07, 6.45) is -0.758. The Balaban J connectivity index is 5.14. The van der Waals surface area contributed by atoms with Gasteiger partial charge in [0.1, 0.15) is 0 Å². The standard InChI is InChI=1S/C16H34O3Si/c1-11(2)15(13(4)14(18)12(3)10-17)19-20(8,9)16(5,6)7/h12-15,17-18H,1,10H2,2-9H3/t12-,13-,14-,15-/m0/s1. The third-order valence-corrected chi connectivity index (χ3v) is 9.06. The van der Waals surface area contributed by atoms with Crippen molar-refractivity contribution in [3.63, 3.8) is 0 Å². The molecule has 20 heavy (non-hydrogen) atoms. The lowest BCUT2D eigenvalue weighted by Gasteiger charge is -2.42. The highest BCUT2D eigenvalue weighted by Crippen LogP contribution is 2.39. The minimum absolute atomic E-state index is 0.0193. The van der Waals surface area contributed by atoms with E-state index in [0.29, 0.717) is 0 Å². The first-order chi connectivity index (χ1) is 8.85. The summed E-state index contributed by atoms with van der Waals surface area (Å²) in [5.41, 5.74) is 0.937. The van der Waals surface area contributed by atoms with Crippen LogP contribution in [0.2, 0.25) is 18.1 Å². The van der Waals surface area contributed by atoms with Crippen molar-refractivity contribution in [2.45, 2.75) is 71.9 Å². The molecule has 2 N–H and O–H groups in total. The van der Waals surface area contributed by atoms with Gasteiger partial charge in [-0.3, -0.25) is 0 Å². The first-order valence-corrected chi connectivity index (χ1v) is 10.4. The van der Waals surface area contributed by atoms with Gasteiger partial charge >= 0.3 is 0 Å². The van der Waals surface area contributed by atoms with Crippen LogP contribution in [0.3, 0.4) is 0 Å². The molecule has 3 nitrogen and oxygen atoms in total. The van der Waals surface area contributed by atoms with E-state index >= 15 is 0 Å². The van der Waals surface area contributed by atoms with Gasteiger partial charge in [0.25, 0.3) is 0 Å². The van der Waals surface area contributed by atoms with E-state index in [1.54, 1.807) is 0 Å². The molecule has 4 atom stereocenters. The molecule has 0 rings (SSSR count). The van der Waals surface area contributed by atoms with Crippen molar-refractivity contribution >= 4 is 8.32 Å². The van der Waals surface area contributed by atoms with Crippen LogP contribution in [0.15, 0.2) is 12.2 Å². The summed E-state index contributed by atoms with van der Waals surface area (Å²) in [7, 11) is -1.92. The second-order valence-electron chi connectivity index (χ2n) is 7.65. The second kappa shape index (κ2) is 7.21. The van der Waals surface area contributed by atoms with Crippen LogP contribution in [0.1, 0.15) is 41.5 Å². The molecular weight excluding hydrogens is 268 g/mol. The van der Waals surface area contributed by atoms with Gasteiger partial charge in [0.05, 0.1) is 12.2 Å². The number of aliphatic hydroxyl groups is 2. The van der Waals surface area contributed by atoms with Gasteiger partial charge in [-0.25, -0.2) is 0 Å². The lowest BCUT2D eigenvalue weighted by atomic mass is 9.87. The molecule has 0 aliphatic carbocycles. The molecule has 0 aromatic rings. The largest absolute Gasteiger partial charge is 0.410 e. The number of hydrogen-bond donors (Lipinski definition) is 2. The van der Waals surface area contributed by atoms with Crippen LogP contribution in [-0.2, 0) is 4.43 Å². The topological polar surface area (TPSA) is 49.7 Å². The minimum Gasteiger partial charge on any atom is -0.410 e. The molecule has 4 heteroatoms. The van der Waals surface area contributed by atoms with Gasteiger partial charge in [-0.1, -0.05) is 46.8 Å². The van der Waals surface area contributed by atoms with Gasteiger partial charge in [-0.05, 0) is 25.1 Å². The van der Waals surface area contributed by atoms with Crippen LogP contribution in [0.5, 0.6) is 0 Å². The van der Waals surface area contributed by atoms with Crippen LogP contribution in [0, 0.1) is 11.8 Å². The Morgan fingerprint density at radius 2 is 1.70 bits per heavy atom. The molecule has 0 saturated carbocycles. The molecular formula is C16H34O3Si. The normalized spacial score (nSPS) is 19.3. The van der Waals surface area contributed by atoms with Crippen molar-refractivity contribution in [2.75, 3.05) is 6.61 Å². The zero-order valence-electron chi connectivity index (χ0n) is 14.5. The molecule has 0 bridgehead atoms. The Kier molecular flexibility index (Phi) is 7.15. The van der Waals surface area contributed by atoms with Gasteiger partial charge in [-0.15, -0.1) is 0 Å². The fourth-order valence-electron chi connectivity index (χ4n) is 1.96. The Bertz CT molecular complexity index is 320. The molecule has 0 heterocycles. The summed E-state index contributed by atoms with van der Waals surface area (Å²) in [4.78, 5) is 0. The molecule has 0 aliphatic rings. The first kappa shape index (κ1) is 19.8. The van der Waals surface area contributed by atoms with Crippen molar-refractivity contribution in [3.05, 3.63) is 12.2 Å². The Labute approximate surface area is 126 Å². The zero-order chi connectivity index (χ0) is 16.3. The predicted molar refractivity (Wildman–Crippen MR) is 88.3 cm³/mol. The number of aliphatic hydroxyl groups excluding tert-OH is 2. The van der Waals surface area contributed by atoms with E-state index in [2.05, 4.69) is 40.4 Å². The molecule has 120 valence electrons. The fraction of sp³-hybridized carbons (Fsp3) is 0.875. The average Bonchev–Trinajstić information content (AvgIpc) is 2.31. The van der Waals surface area contributed by atoms with E-state index in [1.165, 1.54) is 0 Å². The van der Waals surface area contributed by atoms with Crippen LogP contribution in [0.25, 0.3) is 0 Å². The molecule has 0 spiro atoms. The van der Waals surface area contributed by atoms with Crippen molar-refractivity contribution in [2.24, 2.45) is 11.8 Å². The highest BCUT2D eigenvalue weighted by atomic mass is 28.4. The van der Waals surface area contributed by atoms with Crippen LogP contribution in [-0.4, -0.2) is 37.3 Å². The predicted octanol–water partition coefficient (Wildman–Crippen LogP) is 3.58. The smallest absolute Gasteiger partial charge is 0.192 e. The molecule has 0 unspecified atom stereocenters. The lowest BCUT2D eigenvalue weighted by molar-refractivity contribution is -0.00372. The van der Waals surface area contributed by atoms with E-state index in [0.717, 1.165) is 5.57 Å². The first-order valence-electron chi connectivity index (χ1n) is 7.47. The highest BCUT2D eigenvalue weighted by molar-refractivity contribution is 6.74. The van der Waals surface area contributed by atoms with E-state index in [4.69, 9.17) is 4.43 Å². The molecule has 0 radical (unpaired) electrons.